The zero-order valence-electron chi connectivity index (χ0n) is 16.9. The Morgan fingerprint density at radius 3 is 2.60 bits per heavy atom. The third-order valence-electron chi connectivity index (χ3n) is 5.36. The summed E-state index contributed by atoms with van der Waals surface area (Å²) in [4.78, 5) is 19.7. The quantitative estimate of drug-likeness (QED) is 0.485. The molecule has 4 rings (SSSR count). The Morgan fingerprint density at radius 1 is 1.20 bits per heavy atom. The van der Waals surface area contributed by atoms with Gasteiger partial charge in [0.2, 0.25) is 0 Å². The van der Waals surface area contributed by atoms with Crippen molar-refractivity contribution in [2.24, 2.45) is 12.8 Å². The van der Waals surface area contributed by atoms with Crippen molar-refractivity contribution in [3.8, 4) is 0 Å². The van der Waals surface area contributed by atoms with E-state index in [1.807, 2.05) is 30.3 Å². The van der Waals surface area contributed by atoms with Crippen LogP contribution in [0, 0.1) is 5.41 Å². The van der Waals surface area contributed by atoms with Crippen molar-refractivity contribution < 1.29 is 0 Å². The SMILES string of the molecule is Cn1c(=O)c(Nc2ccc(N3CCNCC3)cc2)nc2ccc(/C(C=N)=C/N)cc21. The number of nitrogens with two attached hydrogens (primary N) is 1. The summed E-state index contributed by atoms with van der Waals surface area (Å²) in [6.07, 6.45) is 2.56. The zero-order chi connectivity index (χ0) is 21.1. The molecule has 1 aromatic heterocycles. The molecule has 0 radical (unpaired) electrons. The minimum atomic E-state index is -0.223. The van der Waals surface area contributed by atoms with Gasteiger partial charge in [0, 0.05) is 62.6 Å². The maximum atomic E-state index is 12.9. The van der Waals surface area contributed by atoms with Gasteiger partial charge in [-0.25, -0.2) is 4.98 Å². The maximum absolute atomic E-state index is 12.9. The summed E-state index contributed by atoms with van der Waals surface area (Å²) in [5.74, 6) is 0.273. The van der Waals surface area contributed by atoms with Crippen molar-refractivity contribution in [3.63, 3.8) is 0 Å². The van der Waals surface area contributed by atoms with Crippen molar-refractivity contribution >= 4 is 40.0 Å². The minimum Gasteiger partial charge on any atom is -0.404 e. The van der Waals surface area contributed by atoms with Gasteiger partial charge in [-0.3, -0.25) is 4.79 Å². The Balaban J connectivity index is 1.63. The molecule has 1 aliphatic rings. The average Bonchev–Trinajstić information content (AvgIpc) is 2.79. The highest BCUT2D eigenvalue weighted by Crippen LogP contribution is 2.22. The predicted molar refractivity (Wildman–Crippen MR) is 123 cm³/mol. The van der Waals surface area contributed by atoms with Crippen LogP contribution in [0.2, 0.25) is 0 Å². The monoisotopic (exact) mass is 403 g/mol. The molecule has 0 saturated carbocycles. The second-order valence-corrected chi connectivity index (χ2v) is 7.20. The third kappa shape index (κ3) is 3.77. The molecular weight excluding hydrogens is 378 g/mol. The van der Waals surface area contributed by atoms with E-state index in [0.717, 1.165) is 37.4 Å². The molecular formula is C22H25N7O. The highest BCUT2D eigenvalue weighted by Gasteiger charge is 2.12. The lowest BCUT2D eigenvalue weighted by Crippen LogP contribution is -2.43. The molecule has 1 aliphatic heterocycles. The van der Waals surface area contributed by atoms with Crippen LogP contribution in [0.3, 0.4) is 0 Å². The van der Waals surface area contributed by atoms with Crippen LogP contribution in [-0.2, 0) is 7.05 Å². The first-order valence-electron chi connectivity index (χ1n) is 9.87. The molecule has 2 aromatic carbocycles. The van der Waals surface area contributed by atoms with E-state index in [9.17, 15) is 4.79 Å². The molecule has 0 atom stereocenters. The lowest BCUT2D eigenvalue weighted by atomic mass is 10.1. The molecule has 0 unspecified atom stereocenters. The first-order valence-corrected chi connectivity index (χ1v) is 9.87. The van der Waals surface area contributed by atoms with Gasteiger partial charge in [-0.15, -0.1) is 0 Å². The fraction of sp³-hybridized carbons (Fsp3) is 0.227. The summed E-state index contributed by atoms with van der Waals surface area (Å²) in [6.45, 7) is 3.95. The number of nitrogens with zero attached hydrogens (tertiary/aromatic N) is 3. The van der Waals surface area contributed by atoms with Gasteiger partial charge in [0.1, 0.15) is 0 Å². The van der Waals surface area contributed by atoms with Crippen molar-refractivity contribution in [1.29, 1.82) is 5.41 Å². The fourth-order valence-electron chi connectivity index (χ4n) is 3.63. The van der Waals surface area contributed by atoms with Gasteiger partial charge in [-0.05, 0) is 42.0 Å². The van der Waals surface area contributed by atoms with E-state index in [4.69, 9.17) is 11.1 Å². The molecule has 0 amide bonds. The Labute approximate surface area is 174 Å². The minimum absolute atomic E-state index is 0.223. The van der Waals surface area contributed by atoms with Crippen molar-refractivity contribution in [1.82, 2.24) is 14.9 Å². The number of fused-ring (bicyclic) bond motifs is 1. The van der Waals surface area contributed by atoms with Crippen LogP contribution in [0.4, 0.5) is 17.2 Å². The molecule has 3 aromatic rings. The number of anilines is 3. The number of nitrogens with one attached hydrogen (secondary N) is 3. The maximum Gasteiger partial charge on any atom is 0.293 e. The van der Waals surface area contributed by atoms with Crippen LogP contribution >= 0.6 is 0 Å². The highest BCUT2D eigenvalue weighted by molar-refractivity contribution is 6.09. The molecule has 30 heavy (non-hydrogen) atoms. The van der Waals surface area contributed by atoms with Gasteiger partial charge in [0.25, 0.3) is 5.56 Å². The van der Waals surface area contributed by atoms with Crippen LogP contribution in [-0.4, -0.2) is 41.9 Å². The van der Waals surface area contributed by atoms with Crippen LogP contribution in [0.1, 0.15) is 5.56 Å². The summed E-state index contributed by atoms with van der Waals surface area (Å²) < 4.78 is 1.56. The van der Waals surface area contributed by atoms with Crippen molar-refractivity contribution in [3.05, 3.63) is 64.6 Å². The average molecular weight is 403 g/mol. The lowest BCUT2D eigenvalue weighted by molar-refractivity contribution is 0.589. The van der Waals surface area contributed by atoms with Crippen LogP contribution in [0.15, 0.2) is 53.5 Å². The zero-order valence-corrected chi connectivity index (χ0v) is 16.9. The highest BCUT2D eigenvalue weighted by atomic mass is 16.1. The van der Waals surface area contributed by atoms with Gasteiger partial charge < -0.3 is 31.2 Å². The third-order valence-corrected chi connectivity index (χ3v) is 5.36. The molecule has 0 bridgehead atoms. The lowest BCUT2D eigenvalue weighted by Gasteiger charge is -2.29. The number of piperazine rings is 1. The number of allylic oxidation sites excluding steroid dienone is 1. The second kappa shape index (κ2) is 8.38. The predicted octanol–water partition coefficient (Wildman–Crippen LogP) is 2.04. The summed E-state index contributed by atoms with van der Waals surface area (Å²) in [5, 5.41) is 14.0. The standard InChI is InChI=1S/C22H25N7O/c1-28-20-12-15(16(13-23)14-24)2-7-19(20)27-21(22(28)30)26-17-3-5-18(6-4-17)29-10-8-25-9-11-29/h2-7,12-14,23,25H,8-11,24H2,1H3,(H,26,27)/b16-14+,23-13?. The van der Waals surface area contributed by atoms with Crippen LogP contribution in [0.25, 0.3) is 16.6 Å². The first kappa shape index (κ1) is 19.7. The Bertz CT molecular complexity index is 1160. The summed E-state index contributed by atoms with van der Waals surface area (Å²) in [7, 11) is 1.71. The Kier molecular flexibility index (Phi) is 5.49. The van der Waals surface area contributed by atoms with E-state index in [1.54, 1.807) is 11.6 Å². The molecule has 0 spiro atoms. The normalized spacial score (nSPS) is 14.7. The van der Waals surface area contributed by atoms with Gasteiger partial charge in [0.15, 0.2) is 5.82 Å². The molecule has 8 nitrogen and oxygen atoms in total. The topological polar surface area (TPSA) is 112 Å². The molecule has 2 heterocycles. The number of benzene rings is 2. The fourth-order valence-corrected chi connectivity index (χ4v) is 3.63. The van der Waals surface area contributed by atoms with Crippen LogP contribution < -0.4 is 26.8 Å². The van der Waals surface area contributed by atoms with Gasteiger partial charge in [0.05, 0.1) is 11.0 Å². The van der Waals surface area contributed by atoms with E-state index in [-0.39, 0.29) is 11.4 Å². The molecule has 8 heteroatoms. The van der Waals surface area contributed by atoms with E-state index in [0.29, 0.717) is 16.6 Å². The molecule has 154 valence electrons. The largest absolute Gasteiger partial charge is 0.404 e. The Morgan fingerprint density at radius 2 is 1.93 bits per heavy atom. The van der Waals surface area contributed by atoms with Crippen LogP contribution in [0.5, 0.6) is 0 Å². The number of hydrogen-bond donors (Lipinski definition) is 4. The molecule has 1 fully saturated rings. The summed E-state index contributed by atoms with van der Waals surface area (Å²) in [6, 6.07) is 13.5. The smallest absolute Gasteiger partial charge is 0.293 e. The van der Waals surface area contributed by atoms with E-state index < -0.39 is 0 Å². The number of hydrogen-bond acceptors (Lipinski definition) is 7. The molecule has 0 aliphatic carbocycles. The summed E-state index contributed by atoms with van der Waals surface area (Å²) in [5.41, 5.74) is 10.0. The van der Waals surface area contributed by atoms with Gasteiger partial charge in [-0.2, -0.15) is 0 Å². The first-order chi connectivity index (χ1) is 14.6. The second-order valence-electron chi connectivity index (χ2n) is 7.20. The van der Waals surface area contributed by atoms with E-state index in [2.05, 4.69) is 32.7 Å². The molecule has 5 N–H and O–H groups in total. The number of aromatic nitrogens is 2. The number of aryl methyl sites for hydroxylation is 1. The van der Waals surface area contributed by atoms with Gasteiger partial charge in [-0.1, -0.05) is 6.07 Å². The van der Waals surface area contributed by atoms with Gasteiger partial charge >= 0.3 is 0 Å². The Hall–Kier alpha value is -3.65. The number of rotatable bonds is 5. The van der Waals surface area contributed by atoms with Crippen molar-refractivity contribution in [2.45, 2.75) is 0 Å². The van der Waals surface area contributed by atoms with Crippen molar-refractivity contribution in [2.75, 3.05) is 36.4 Å². The van der Waals surface area contributed by atoms with E-state index in [1.165, 1.54) is 18.1 Å². The van der Waals surface area contributed by atoms with E-state index >= 15 is 0 Å². The molecule has 1 saturated heterocycles. The summed E-state index contributed by atoms with van der Waals surface area (Å²) >= 11 is 0.